The highest BCUT2D eigenvalue weighted by Gasteiger charge is 2.51. The summed E-state index contributed by atoms with van der Waals surface area (Å²) < 4.78 is 71.4. The van der Waals surface area contributed by atoms with Gasteiger partial charge in [0.2, 0.25) is 0 Å². The maximum absolute atomic E-state index is 13.9. The number of hydrogen-bond acceptors (Lipinski definition) is 10. The molecule has 0 bridgehead atoms. The number of carbonyl (C=O) groups is 1. The molecule has 0 spiro atoms. The minimum absolute atomic E-state index is 0.0232. The summed E-state index contributed by atoms with van der Waals surface area (Å²) in [7, 11) is -2.10. The summed E-state index contributed by atoms with van der Waals surface area (Å²) in [5.41, 5.74) is 0.495. The van der Waals surface area contributed by atoms with Crippen molar-refractivity contribution in [2.45, 2.75) is 145 Å². The maximum Gasteiger partial charge on any atom is 0.412 e. The van der Waals surface area contributed by atoms with E-state index in [1.54, 1.807) is 48.4 Å². The van der Waals surface area contributed by atoms with E-state index in [-0.39, 0.29) is 47.1 Å². The lowest BCUT2D eigenvalue weighted by Gasteiger charge is -2.38. The van der Waals surface area contributed by atoms with Gasteiger partial charge in [0.25, 0.3) is 0 Å². The average molecular weight is 800 g/mol. The first-order valence-electron chi connectivity index (χ1n) is 20.1. The fourth-order valence-electron chi connectivity index (χ4n) is 8.48. The summed E-state index contributed by atoms with van der Waals surface area (Å²) in [4.78, 5) is 15.0. The molecular formula is C44H65NO10S. The fraction of sp³-hybridized carbons (Fsp3) is 0.659. The van der Waals surface area contributed by atoms with Gasteiger partial charge < -0.3 is 33.2 Å². The van der Waals surface area contributed by atoms with Crippen LogP contribution in [0.25, 0.3) is 0 Å². The normalized spacial score (nSPS) is 32.4. The zero-order valence-electron chi connectivity index (χ0n) is 34.5. The third-order valence-electron chi connectivity index (χ3n) is 11.3. The Morgan fingerprint density at radius 2 is 1.73 bits per heavy atom. The van der Waals surface area contributed by atoms with Crippen LogP contribution in [0, 0.1) is 11.8 Å². The molecule has 10 atom stereocenters. The second kappa shape index (κ2) is 18.8. The van der Waals surface area contributed by atoms with Gasteiger partial charge in [0.1, 0.15) is 11.3 Å². The van der Waals surface area contributed by atoms with Gasteiger partial charge >= 0.3 is 6.09 Å². The fourth-order valence-corrected chi connectivity index (χ4v) is 10.2. The molecule has 0 unspecified atom stereocenters. The molecule has 1 aromatic carbocycles. The zero-order valence-corrected chi connectivity index (χ0v) is 35.3. The van der Waals surface area contributed by atoms with Crippen molar-refractivity contribution in [3.63, 3.8) is 0 Å². The van der Waals surface area contributed by atoms with Gasteiger partial charge in [-0.25, -0.2) is 13.2 Å². The Labute approximate surface area is 335 Å². The Kier molecular flexibility index (Phi) is 14.9. The van der Waals surface area contributed by atoms with E-state index in [1.807, 2.05) is 46.8 Å². The predicted molar refractivity (Wildman–Crippen MR) is 216 cm³/mol. The molecule has 12 heteroatoms. The van der Waals surface area contributed by atoms with E-state index in [0.29, 0.717) is 32.6 Å². The molecule has 4 heterocycles. The van der Waals surface area contributed by atoms with Crippen LogP contribution in [0.15, 0.2) is 84.3 Å². The Balaban J connectivity index is 1.29. The Hall–Kier alpha value is -2.84. The third kappa shape index (κ3) is 11.4. The van der Waals surface area contributed by atoms with Crippen LogP contribution in [-0.2, 0) is 43.0 Å². The number of amides is 1. The molecular weight excluding hydrogens is 735 g/mol. The van der Waals surface area contributed by atoms with E-state index in [9.17, 15) is 13.2 Å². The van der Waals surface area contributed by atoms with E-state index in [2.05, 4.69) is 26.7 Å². The molecule has 56 heavy (non-hydrogen) atoms. The van der Waals surface area contributed by atoms with Crippen LogP contribution < -0.4 is 0 Å². The first kappa shape index (κ1) is 44.3. The number of nitrogens with zero attached hydrogens (tertiary/aromatic N) is 1. The van der Waals surface area contributed by atoms with Gasteiger partial charge in [0.15, 0.2) is 9.84 Å². The maximum atomic E-state index is 13.9. The molecule has 4 fully saturated rings. The molecule has 5 rings (SSSR count). The largest absolute Gasteiger partial charge is 0.444 e. The Morgan fingerprint density at radius 3 is 2.41 bits per heavy atom. The minimum Gasteiger partial charge on any atom is -0.444 e. The predicted octanol–water partition coefficient (Wildman–Crippen LogP) is 7.61. The number of carbonyl (C=O) groups excluding carboxylic acids is 1. The number of hydrogen-bond donors (Lipinski definition) is 0. The van der Waals surface area contributed by atoms with Crippen LogP contribution in [-0.4, -0.2) is 112 Å². The lowest BCUT2D eigenvalue weighted by atomic mass is 9.83. The van der Waals surface area contributed by atoms with Crippen molar-refractivity contribution < 1.29 is 46.4 Å². The number of ether oxygens (including phenoxy) is 7. The monoisotopic (exact) mass is 799 g/mol. The molecule has 0 N–H and O–H groups in total. The number of benzene rings is 1. The van der Waals surface area contributed by atoms with Gasteiger partial charge in [-0.2, -0.15) is 0 Å². The van der Waals surface area contributed by atoms with Crippen LogP contribution in [0.2, 0.25) is 0 Å². The minimum atomic E-state index is -3.70. The Bertz CT molecular complexity index is 1650. The SMILES string of the molecule is C=CCOCC=C[C@H]1CC(=C)[C@H](CC[C@H]2C[C@@H](C)C(=C)[C@@H](C[C@@H]3O[C@H](C[C@H]4CN(C(=O)OC(C)(C)C)C(C)(C)O4)[C@H](OC)[C@H]3CS(=O)(=O)c3ccccc3)O2)O1. The van der Waals surface area contributed by atoms with Gasteiger partial charge in [-0.3, -0.25) is 4.90 Å². The number of sulfone groups is 1. The number of rotatable bonds is 16. The van der Waals surface area contributed by atoms with Gasteiger partial charge in [-0.05, 0) is 83.1 Å². The van der Waals surface area contributed by atoms with Gasteiger partial charge in [-0.1, -0.05) is 56.5 Å². The van der Waals surface area contributed by atoms with Crippen molar-refractivity contribution >= 4 is 15.9 Å². The molecule has 1 amide bonds. The van der Waals surface area contributed by atoms with Gasteiger partial charge in [0.05, 0.1) is 79.2 Å². The van der Waals surface area contributed by atoms with Crippen molar-refractivity contribution in [2.24, 2.45) is 11.8 Å². The van der Waals surface area contributed by atoms with Crippen molar-refractivity contribution in [3.8, 4) is 0 Å². The second-order valence-electron chi connectivity index (χ2n) is 17.2. The first-order chi connectivity index (χ1) is 26.4. The summed E-state index contributed by atoms with van der Waals surface area (Å²) in [5.74, 6) is -0.457. The summed E-state index contributed by atoms with van der Waals surface area (Å²) in [6, 6.07) is 8.50. The molecule has 4 aliphatic rings. The molecule has 1 aromatic rings. The highest BCUT2D eigenvalue weighted by atomic mass is 32.2. The molecule has 0 radical (unpaired) electrons. The standard InChI is InChI=1S/C44H65NO10S/c1-11-21-50-22-15-16-32-24-30(3)37(51-32)20-19-33-23-29(2)31(4)38(52-33)26-39-36(28-56(47,48)35-17-13-12-14-18-35)41(49-10)40(53-39)25-34-27-45(44(8,9)54-34)42(46)55-43(5,6)7/h11-18,29,32-34,36-41H,1,3-4,19-28H2,2,5-10H3/t29-,32+,33+,34+,36+,37+,38-,39+,40-,41-/m1/s1. The lowest BCUT2D eigenvalue weighted by Crippen LogP contribution is -2.46. The number of methoxy groups -OCH3 is 1. The molecule has 0 aliphatic carbocycles. The third-order valence-corrected chi connectivity index (χ3v) is 13.1. The first-order valence-corrected chi connectivity index (χ1v) is 21.7. The molecule has 4 aliphatic heterocycles. The van der Waals surface area contributed by atoms with Crippen LogP contribution in [0.3, 0.4) is 0 Å². The topological polar surface area (TPSA) is 119 Å². The molecule has 312 valence electrons. The summed E-state index contributed by atoms with van der Waals surface area (Å²) in [6.07, 6.45) is 6.94. The van der Waals surface area contributed by atoms with Crippen LogP contribution in [0.5, 0.6) is 0 Å². The molecule has 11 nitrogen and oxygen atoms in total. The van der Waals surface area contributed by atoms with Gasteiger partial charge in [-0.15, -0.1) is 6.58 Å². The quantitative estimate of drug-likeness (QED) is 0.122. The Morgan fingerprint density at radius 1 is 1.00 bits per heavy atom. The summed E-state index contributed by atoms with van der Waals surface area (Å²) in [6.45, 7) is 25.1. The van der Waals surface area contributed by atoms with Crippen molar-refractivity contribution in [1.29, 1.82) is 0 Å². The average Bonchev–Trinajstić information content (AvgIpc) is 3.75. The summed E-state index contributed by atoms with van der Waals surface area (Å²) in [5, 5.41) is 0. The van der Waals surface area contributed by atoms with E-state index < -0.39 is 51.5 Å². The van der Waals surface area contributed by atoms with Crippen LogP contribution in [0.4, 0.5) is 4.79 Å². The smallest absolute Gasteiger partial charge is 0.412 e. The highest BCUT2D eigenvalue weighted by Crippen LogP contribution is 2.42. The van der Waals surface area contributed by atoms with Crippen LogP contribution in [0.1, 0.15) is 80.1 Å². The lowest BCUT2D eigenvalue weighted by molar-refractivity contribution is -0.0992. The molecule has 0 saturated carbocycles. The summed E-state index contributed by atoms with van der Waals surface area (Å²) >= 11 is 0. The van der Waals surface area contributed by atoms with E-state index in [1.165, 1.54) is 0 Å². The molecule has 4 saturated heterocycles. The second-order valence-corrected chi connectivity index (χ2v) is 19.3. The van der Waals surface area contributed by atoms with Crippen molar-refractivity contribution in [1.82, 2.24) is 4.90 Å². The van der Waals surface area contributed by atoms with E-state index in [0.717, 1.165) is 36.8 Å². The highest BCUT2D eigenvalue weighted by molar-refractivity contribution is 7.91. The zero-order chi connectivity index (χ0) is 40.8. The van der Waals surface area contributed by atoms with Crippen molar-refractivity contribution in [2.75, 3.05) is 32.6 Å². The van der Waals surface area contributed by atoms with Crippen molar-refractivity contribution in [3.05, 3.63) is 79.4 Å². The van der Waals surface area contributed by atoms with E-state index in [4.69, 9.17) is 33.2 Å². The molecule has 0 aromatic heterocycles. The van der Waals surface area contributed by atoms with Gasteiger partial charge in [0, 0.05) is 32.3 Å². The van der Waals surface area contributed by atoms with E-state index >= 15 is 0 Å². The van der Waals surface area contributed by atoms with Crippen LogP contribution >= 0.6 is 0 Å².